The van der Waals surface area contributed by atoms with Crippen LogP contribution in [0.1, 0.15) is 135 Å². The number of aliphatic carboxylic acids is 2. The molecule has 0 aromatic carbocycles. The number of H-pyrrole nitrogens is 1. The maximum absolute atomic E-state index is 13.1. The Bertz CT molecular complexity index is 1440. The van der Waals surface area contributed by atoms with Gasteiger partial charge in [-0.15, -0.1) is 0 Å². The molecule has 0 aliphatic carbocycles. The van der Waals surface area contributed by atoms with E-state index in [1.807, 2.05) is 0 Å². The molecule has 0 bridgehead atoms. The molecule has 58 heavy (non-hydrogen) atoms. The zero-order chi connectivity index (χ0) is 43.3. The Labute approximate surface area is 342 Å². The number of aromatic amines is 1. The number of nitrogens with two attached hydrogens (primary N) is 1. The third-order valence-corrected chi connectivity index (χ3v) is 9.82. The summed E-state index contributed by atoms with van der Waals surface area (Å²) in [6, 6.07) is -2.27. The molecule has 0 saturated carbocycles. The average Bonchev–Trinajstić information content (AvgIpc) is 3.68. The molecule has 0 spiro atoms. The number of carbonyl (C=O) groups is 8. The highest BCUT2D eigenvalue weighted by molar-refractivity contribution is 6.60. The van der Waals surface area contributed by atoms with Gasteiger partial charge in [0.15, 0.2) is 7.85 Å². The van der Waals surface area contributed by atoms with Crippen LogP contribution >= 0.6 is 0 Å². The van der Waals surface area contributed by atoms with E-state index in [1.54, 1.807) is 6.20 Å². The van der Waals surface area contributed by atoms with Crippen molar-refractivity contribution in [3.8, 4) is 0 Å². The Hall–Kier alpha value is -4.81. The van der Waals surface area contributed by atoms with Crippen LogP contribution in [0.5, 0.6) is 0 Å². The minimum atomic E-state index is -1.20. The van der Waals surface area contributed by atoms with Gasteiger partial charge in [-0.05, 0) is 33.1 Å². The molecular formula is C39H67BN8O10. The minimum absolute atomic E-state index is 0.0112. The van der Waals surface area contributed by atoms with E-state index >= 15 is 0 Å². The van der Waals surface area contributed by atoms with Crippen molar-refractivity contribution in [1.29, 1.82) is 0 Å². The normalized spacial score (nSPS) is 12.2. The number of aromatic nitrogens is 2. The van der Waals surface area contributed by atoms with E-state index in [9.17, 15) is 43.5 Å². The number of hydrogen-bond donors (Lipinski definition) is 8. The fourth-order valence-electron chi connectivity index (χ4n) is 6.06. The lowest BCUT2D eigenvalue weighted by molar-refractivity contribution is -0.138. The lowest BCUT2D eigenvalue weighted by Crippen LogP contribution is -2.58. The molecular weight excluding hydrogens is 751 g/mol. The number of nitrogens with one attached hydrogen (secondary N) is 5. The van der Waals surface area contributed by atoms with E-state index in [-0.39, 0.29) is 56.8 Å². The van der Waals surface area contributed by atoms with Crippen LogP contribution in [0.15, 0.2) is 12.5 Å². The molecule has 9 N–H and O–H groups in total. The van der Waals surface area contributed by atoms with Crippen LogP contribution in [0.4, 0.5) is 0 Å². The van der Waals surface area contributed by atoms with E-state index < -0.39 is 66.3 Å². The Morgan fingerprint density at radius 3 is 1.76 bits per heavy atom. The van der Waals surface area contributed by atoms with Crippen LogP contribution in [-0.2, 0) is 44.8 Å². The summed E-state index contributed by atoms with van der Waals surface area (Å²) in [6.45, 7) is 1.82. The molecule has 0 radical (unpaired) electrons. The molecule has 18 nitrogen and oxygen atoms in total. The third kappa shape index (κ3) is 24.1. The van der Waals surface area contributed by atoms with Gasteiger partial charge in [-0.25, -0.2) is 4.98 Å². The molecule has 0 fully saturated rings. The van der Waals surface area contributed by atoms with Crippen LogP contribution in [0.2, 0.25) is 0 Å². The van der Waals surface area contributed by atoms with Gasteiger partial charge in [0.25, 0.3) is 0 Å². The topological polar surface area (TPSA) is 283 Å². The second kappa shape index (κ2) is 29.4. The zero-order valence-corrected chi connectivity index (χ0v) is 34.7. The second-order valence-corrected chi connectivity index (χ2v) is 15.3. The molecule has 19 heteroatoms. The van der Waals surface area contributed by atoms with Gasteiger partial charge < -0.3 is 51.9 Å². The van der Waals surface area contributed by atoms with Crippen molar-refractivity contribution in [1.82, 2.24) is 36.1 Å². The molecule has 1 heterocycles. The van der Waals surface area contributed by atoms with Crippen molar-refractivity contribution in [3.05, 3.63) is 18.2 Å². The predicted octanol–water partition coefficient (Wildman–Crippen LogP) is 1.07. The summed E-state index contributed by atoms with van der Waals surface area (Å²) in [5.41, 5.74) is 4.54. The van der Waals surface area contributed by atoms with Gasteiger partial charge in [0.05, 0.1) is 30.6 Å². The molecule has 1 aromatic heterocycles. The molecule has 326 valence electrons. The average molecular weight is 819 g/mol. The maximum Gasteiger partial charge on any atom is 0.303 e. The summed E-state index contributed by atoms with van der Waals surface area (Å²) in [5.74, 6) is -4.82. The number of imidazole rings is 1. The van der Waals surface area contributed by atoms with E-state index in [1.165, 1.54) is 60.1 Å². The van der Waals surface area contributed by atoms with Crippen molar-refractivity contribution in [2.75, 3.05) is 26.2 Å². The summed E-state index contributed by atoms with van der Waals surface area (Å²) in [7, 11) is 1.33. The molecule has 0 aliphatic heterocycles. The molecule has 0 saturated heterocycles. The monoisotopic (exact) mass is 819 g/mol. The number of carboxylic acids is 2. The van der Waals surface area contributed by atoms with Crippen molar-refractivity contribution in [2.45, 2.75) is 153 Å². The number of nitrogens with zero attached hydrogens (tertiary/aromatic N) is 2. The summed E-state index contributed by atoms with van der Waals surface area (Å²) in [6.07, 6.45) is 17.5. The van der Waals surface area contributed by atoms with E-state index in [0.717, 1.165) is 56.3 Å². The van der Waals surface area contributed by atoms with Gasteiger partial charge in [0.1, 0.15) is 17.8 Å². The van der Waals surface area contributed by atoms with Crippen molar-refractivity contribution in [2.24, 2.45) is 5.73 Å². The van der Waals surface area contributed by atoms with Gasteiger partial charge in [-0.2, -0.15) is 0 Å². The van der Waals surface area contributed by atoms with E-state index in [4.69, 9.17) is 10.8 Å². The van der Waals surface area contributed by atoms with Gasteiger partial charge in [0.2, 0.25) is 29.5 Å². The summed E-state index contributed by atoms with van der Waals surface area (Å²) >= 11 is 0. The Morgan fingerprint density at radius 2 is 1.28 bits per heavy atom. The van der Waals surface area contributed by atoms with Gasteiger partial charge >= 0.3 is 11.9 Å². The molecule has 0 aliphatic rings. The maximum atomic E-state index is 13.1. The van der Waals surface area contributed by atoms with Crippen LogP contribution in [-0.4, -0.2) is 124 Å². The standard InChI is InChI=1S/C39H67BN8O10/c1-39(2,38(40)58)47-37(57)30(23-28-25-42-27-44-28)46-32(50)26-48(33(51)24-41)22-21-43-36(56)29(19-20-35(54)55)45-31(49)17-15-13-11-9-7-5-3-4-6-8-10-12-14-16-18-34(52)53/h25,27,29-30H,3-24,26,40-41H2,1-2H3,(H,42,44)(H,43,56)(H,45,49)(H,46,50)(H,47,57)(H,52,53)(H,54,55)/t29-,30-/m0/s1. The number of carbonyl (C=O) groups excluding carboxylic acids is 6. The largest absolute Gasteiger partial charge is 0.481 e. The van der Waals surface area contributed by atoms with Crippen LogP contribution in [0.3, 0.4) is 0 Å². The number of carboxylic acid groups (broad SMARTS) is 2. The smallest absolute Gasteiger partial charge is 0.303 e. The van der Waals surface area contributed by atoms with Crippen molar-refractivity contribution in [3.63, 3.8) is 0 Å². The van der Waals surface area contributed by atoms with Crippen LogP contribution < -0.4 is 27.0 Å². The van der Waals surface area contributed by atoms with Crippen molar-refractivity contribution < 1.29 is 48.6 Å². The number of rotatable bonds is 34. The molecule has 5 amide bonds. The first-order valence-corrected chi connectivity index (χ1v) is 20.6. The summed E-state index contributed by atoms with van der Waals surface area (Å²) in [4.78, 5) is 107. The van der Waals surface area contributed by atoms with Crippen LogP contribution in [0.25, 0.3) is 0 Å². The number of amides is 5. The molecule has 1 rings (SSSR count). The SMILES string of the molecule is BC(=O)C(C)(C)NC(=O)[C@H](Cc1c[nH]cn1)NC(=O)CN(CCNC(=O)[C@H](CCC(=O)O)NC(=O)CCCCCCCCCCCCCCCCC(=O)O)C(=O)CN. The quantitative estimate of drug-likeness (QED) is 0.0358. The van der Waals surface area contributed by atoms with Gasteiger partial charge in [0, 0.05) is 45.0 Å². The zero-order valence-electron chi connectivity index (χ0n) is 34.7. The fourth-order valence-corrected chi connectivity index (χ4v) is 6.06. The third-order valence-electron chi connectivity index (χ3n) is 9.82. The highest BCUT2D eigenvalue weighted by atomic mass is 16.4. The molecule has 2 atom stereocenters. The summed E-state index contributed by atoms with van der Waals surface area (Å²) in [5, 5.41) is 28.3. The minimum Gasteiger partial charge on any atom is -0.481 e. The Balaban J connectivity index is 2.53. The first-order chi connectivity index (χ1) is 27.5. The number of hydrogen-bond acceptors (Lipinski definition) is 10. The fraction of sp³-hybridized carbons (Fsp3) is 0.718. The first-order valence-electron chi connectivity index (χ1n) is 20.6. The van der Waals surface area contributed by atoms with E-state index in [0.29, 0.717) is 12.1 Å². The lowest BCUT2D eigenvalue weighted by Gasteiger charge is -2.28. The molecule has 0 unspecified atom stereocenters. The molecule has 1 aromatic rings. The summed E-state index contributed by atoms with van der Waals surface area (Å²) < 4.78 is 0. The van der Waals surface area contributed by atoms with E-state index in [2.05, 4.69) is 31.2 Å². The highest BCUT2D eigenvalue weighted by Crippen LogP contribution is 2.14. The van der Waals surface area contributed by atoms with Crippen molar-refractivity contribution >= 4 is 55.0 Å². The second-order valence-electron chi connectivity index (χ2n) is 15.3. The Morgan fingerprint density at radius 1 is 0.759 bits per heavy atom. The number of unbranched alkanes of at least 4 members (excludes halogenated alkanes) is 13. The Kier molecular flexibility index (Phi) is 26.0. The first kappa shape index (κ1) is 51.2. The lowest BCUT2D eigenvalue weighted by atomic mass is 9.84. The van der Waals surface area contributed by atoms with Gasteiger partial charge in [-0.3, -0.25) is 33.6 Å². The van der Waals surface area contributed by atoms with Crippen LogP contribution in [0, 0.1) is 0 Å². The van der Waals surface area contributed by atoms with Gasteiger partial charge in [-0.1, -0.05) is 77.0 Å². The predicted molar refractivity (Wildman–Crippen MR) is 219 cm³/mol. The highest BCUT2D eigenvalue weighted by Gasteiger charge is 2.31.